The molecule has 1 N–H and O–H groups in total. The summed E-state index contributed by atoms with van der Waals surface area (Å²) in [5.74, 6) is 0.182. The Bertz CT molecular complexity index is 802. The van der Waals surface area contributed by atoms with Gasteiger partial charge in [0.05, 0.1) is 17.3 Å². The zero-order valence-corrected chi connectivity index (χ0v) is 14.0. The van der Waals surface area contributed by atoms with Crippen molar-refractivity contribution in [1.29, 1.82) is 5.26 Å². The van der Waals surface area contributed by atoms with Gasteiger partial charge in [-0.2, -0.15) is 10.4 Å². The van der Waals surface area contributed by atoms with Crippen LogP contribution in [0.2, 0.25) is 0 Å². The van der Waals surface area contributed by atoms with Crippen molar-refractivity contribution in [1.82, 2.24) is 5.43 Å². The van der Waals surface area contributed by atoms with Gasteiger partial charge in [-0.1, -0.05) is 12.1 Å². The van der Waals surface area contributed by atoms with Crippen molar-refractivity contribution < 1.29 is 9.53 Å². The Hall–Kier alpha value is -3.13. The predicted octanol–water partition coefficient (Wildman–Crippen LogP) is 3.09. The fourth-order valence-electron chi connectivity index (χ4n) is 1.98. The highest BCUT2D eigenvalue weighted by atomic mass is 16.5. The zero-order valence-electron chi connectivity index (χ0n) is 14.0. The maximum atomic E-state index is 11.8. The number of carbonyl (C=O) groups excluding carboxylic acids is 1. The predicted molar refractivity (Wildman–Crippen MR) is 92.9 cm³/mol. The molecule has 0 aromatic heterocycles. The lowest BCUT2D eigenvalue weighted by molar-refractivity contribution is -0.123. The maximum Gasteiger partial charge on any atom is 0.277 e. The smallest absolute Gasteiger partial charge is 0.277 e. The second-order valence-electron chi connectivity index (χ2n) is 5.46. The number of aryl methyl sites for hydroxylation is 2. The van der Waals surface area contributed by atoms with Crippen LogP contribution in [-0.4, -0.2) is 18.2 Å². The van der Waals surface area contributed by atoms with Crippen LogP contribution in [0.25, 0.3) is 0 Å². The first-order valence-electron chi connectivity index (χ1n) is 7.53. The number of benzene rings is 2. The molecule has 0 atom stereocenters. The molecule has 5 nitrogen and oxygen atoms in total. The van der Waals surface area contributed by atoms with Crippen molar-refractivity contribution in [3.8, 4) is 11.8 Å². The van der Waals surface area contributed by atoms with Crippen LogP contribution in [0.4, 0.5) is 0 Å². The molecule has 0 unspecified atom stereocenters. The van der Waals surface area contributed by atoms with E-state index in [9.17, 15) is 4.79 Å². The van der Waals surface area contributed by atoms with E-state index in [2.05, 4.69) is 10.5 Å². The van der Waals surface area contributed by atoms with Crippen LogP contribution in [-0.2, 0) is 4.79 Å². The molecule has 2 aromatic rings. The average Bonchev–Trinajstić information content (AvgIpc) is 2.60. The highest BCUT2D eigenvalue weighted by molar-refractivity contribution is 5.99. The molecule has 0 radical (unpaired) electrons. The van der Waals surface area contributed by atoms with E-state index >= 15 is 0 Å². The van der Waals surface area contributed by atoms with Crippen LogP contribution in [0.5, 0.6) is 5.75 Å². The molecule has 0 heterocycles. The van der Waals surface area contributed by atoms with Crippen LogP contribution in [0.3, 0.4) is 0 Å². The number of amides is 1. The van der Waals surface area contributed by atoms with Gasteiger partial charge >= 0.3 is 0 Å². The highest BCUT2D eigenvalue weighted by Gasteiger charge is 2.04. The van der Waals surface area contributed by atoms with Crippen LogP contribution in [0, 0.1) is 25.2 Å². The van der Waals surface area contributed by atoms with Gasteiger partial charge in [0, 0.05) is 0 Å². The number of carbonyl (C=O) groups is 1. The van der Waals surface area contributed by atoms with Gasteiger partial charge in [-0.15, -0.1) is 0 Å². The Morgan fingerprint density at radius 1 is 1.17 bits per heavy atom. The normalized spacial score (nSPS) is 10.8. The molecule has 1 amide bonds. The Morgan fingerprint density at radius 2 is 1.88 bits per heavy atom. The largest absolute Gasteiger partial charge is 0.484 e. The van der Waals surface area contributed by atoms with E-state index in [1.807, 2.05) is 45.0 Å². The van der Waals surface area contributed by atoms with Crippen molar-refractivity contribution in [2.45, 2.75) is 20.8 Å². The lowest BCUT2D eigenvalue weighted by atomic mass is 10.0. The van der Waals surface area contributed by atoms with Gasteiger partial charge in [-0.25, -0.2) is 5.43 Å². The Morgan fingerprint density at radius 3 is 2.50 bits per heavy atom. The fourth-order valence-corrected chi connectivity index (χ4v) is 1.98. The molecule has 2 rings (SSSR count). The van der Waals surface area contributed by atoms with Crippen molar-refractivity contribution >= 4 is 11.6 Å². The molecule has 0 bridgehead atoms. The van der Waals surface area contributed by atoms with Crippen molar-refractivity contribution in [2.75, 3.05) is 6.61 Å². The summed E-state index contributed by atoms with van der Waals surface area (Å²) in [6.07, 6.45) is 0. The minimum atomic E-state index is -0.345. The molecule has 0 saturated carbocycles. The van der Waals surface area contributed by atoms with E-state index in [0.29, 0.717) is 11.3 Å². The van der Waals surface area contributed by atoms with Gasteiger partial charge in [-0.3, -0.25) is 4.79 Å². The van der Waals surface area contributed by atoms with Gasteiger partial charge in [0.1, 0.15) is 5.75 Å². The molecular weight excluding hydrogens is 302 g/mol. The average molecular weight is 321 g/mol. The summed E-state index contributed by atoms with van der Waals surface area (Å²) in [5, 5.41) is 12.8. The molecule has 0 aliphatic carbocycles. The molecule has 0 aliphatic heterocycles. The van der Waals surface area contributed by atoms with Crippen LogP contribution < -0.4 is 10.2 Å². The summed E-state index contributed by atoms with van der Waals surface area (Å²) in [4.78, 5) is 11.8. The van der Waals surface area contributed by atoms with Crippen LogP contribution in [0.15, 0.2) is 47.6 Å². The van der Waals surface area contributed by atoms with Crippen LogP contribution in [0.1, 0.15) is 29.2 Å². The first-order valence-corrected chi connectivity index (χ1v) is 7.53. The van der Waals surface area contributed by atoms with E-state index in [-0.39, 0.29) is 12.5 Å². The quantitative estimate of drug-likeness (QED) is 0.679. The summed E-state index contributed by atoms with van der Waals surface area (Å²) in [6.45, 7) is 5.78. The van der Waals surface area contributed by atoms with Gasteiger partial charge in [0.2, 0.25) is 0 Å². The summed E-state index contributed by atoms with van der Waals surface area (Å²) in [6, 6.07) is 14.6. The first-order chi connectivity index (χ1) is 11.5. The van der Waals surface area contributed by atoms with Crippen molar-refractivity contribution in [3.63, 3.8) is 0 Å². The molecule has 0 aliphatic rings. The molecular formula is C19H19N3O2. The summed E-state index contributed by atoms with van der Waals surface area (Å²) in [7, 11) is 0. The van der Waals surface area contributed by atoms with Gasteiger partial charge < -0.3 is 4.74 Å². The third-order valence-electron chi connectivity index (χ3n) is 3.63. The van der Waals surface area contributed by atoms with Crippen LogP contribution >= 0.6 is 0 Å². The summed E-state index contributed by atoms with van der Waals surface area (Å²) < 4.78 is 5.35. The first kappa shape index (κ1) is 17.2. The van der Waals surface area contributed by atoms with E-state index in [4.69, 9.17) is 10.00 Å². The SMILES string of the molecule is C/C(=N/NC(=O)COc1ccc(C#N)cc1)c1ccc(C)c(C)c1. The number of nitriles is 1. The number of nitrogens with zero attached hydrogens (tertiary/aromatic N) is 2. The molecule has 0 saturated heterocycles. The minimum absolute atomic E-state index is 0.143. The third kappa shape index (κ3) is 4.68. The van der Waals surface area contributed by atoms with E-state index < -0.39 is 0 Å². The molecule has 0 spiro atoms. The van der Waals surface area contributed by atoms with Crippen molar-refractivity contribution in [3.05, 3.63) is 64.7 Å². The van der Waals surface area contributed by atoms with Gasteiger partial charge in [-0.05, 0) is 67.8 Å². The summed E-state index contributed by atoms with van der Waals surface area (Å²) in [5.41, 5.74) is 7.11. The molecule has 2 aromatic carbocycles. The Kier molecular flexibility index (Phi) is 5.69. The number of rotatable bonds is 5. The fraction of sp³-hybridized carbons (Fsp3) is 0.211. The summed E-state index contributed by atoms with van der Waals surface area (Å²) >= 11 is 0. The lowest BCUT2D eigenvalue weighted by Gasteiger charge is -2.07. The van der Waals surface area contributed by atoms with E-state index in [1.54, 1.807) is 24.3 Å². The zero-order chi connectivity index (χ0) is 17.5. The van der Waals surface area contributed by atoms with E-state index in [1.165, 1.54) is 11.1 Å². The number of hydrazone groups is 1. The standard InChI is InChI=1S/C19H19N3O2/c1-13-4-7-17(10-14(13)2)15(3)21-22-19(23)12-24-18-8-5-16(11-20)6-9-18/h4-10H,12H2,1-3H3,(H,22,23)/b21-15-. The highest BCUT2D eigenvalue weighted by Crippen LogP contribution is 2.12. The second kappa shape index (κ2) is 7.93. The number of nitrogens with one attached hydrogen (secondary N) is 1. The third-order valence-corrected chi connectivity index (χ3v) is 3.63. The monoisotopic (exact) mass is 321 g/mol. The van der Waals surface area contributed by atoms with E-state index in [0.717, 1.165) is 11.3 Å². The molecule has 0 fully saturated rings. The van der Waals surface area contributed by atoms with Gasteiger partial charge in [0.15, 0.2) is 6.61 Å². The molecule has 122 valence electrons. The number of hydrogen-bond donors (Lipinski definition) is 1. The minimum Gasteiger partial charge on any atom is -0.484 e. The topological polar surface area (TPSA) is 74.5 Å². The Labute approximate surface area is 141 Å². The maximum absolute atomic E-state index is 11.8. The number of hydrogen-bond acceptors (Lipinski definition) is 4. The van der Waals surface area contributed by atoms with Gasteiger partial charge in [0.25, 0.3) is 5.91 Å². The lowest BCUT2D eigenvalue weighted by Crippen LogP contribution is -2.25. The second-order valence-corrected chi connectivity index (χ2v) is 5.46. The molecule has 24 heavy (non-hydrogen) atoms. The Balaban J connectivity index is 1.89. The van der Waals surface area contributed by atoms with Crippen molar-refractivity contribution in [2.24, 2.45) is 5.10 Å². The molecule has 5 heteroatoms. The number of ether oxygens (including phenoxy) is 1.